The van der Waals surface area contributed by atoms with E-state index in [0.717, 1.165) is 6.42 Å². The summed E-state index contributed by atoms with van der Waals surface area (Å²) in [5, 5.41) is 19.4. The van der Waals surface area contributed by atoms with Crippen molar-refractivity contribution in [2.24, 2.45) is 10.8 Å². The molecule has 0 aliphatic rings. The topological polar surface area (TPSA) is 57.5 Å². The van der Waals surface area contributed by atoms with Crippen LogP contribution in [-0.2, 0) is 4.79 Å². The summed E-state index contributed by atoms with van der Waals surface area (Å²) < 4.78 is -0.927. The van der Waals surface area contributed by atoms with Gasteiger partial charge in [-0.3, -0.25) is 4.79 Å². The molecule has 0 saturated carbocycles. The van der Waals surface area contributed by atoms with Crippen molar-refractivity contribution in [1.29, 1.82) is 0 Å². The molecule has 96 valence electrons. The van der Waals surface area contributed by atoms with E-state index in [1.165, 1.54) is 0 Å². The third-order valence-electron chi connectivity index (χ3n) is 3.58. The highest BCUT2D eigenvalue weighted by Gasteiger charge is 2.48. The number of halogens is 2. The highest BCUT2D eigenvalue weighted by Crippen LogP contribution is 2.52. The molecule has 0 aliphatic carbocycles. The second-order valence-corrected chi connectivity index (χ2v) is 10.0. The van der Waals surface area contributed by atoms with Crippen LogP contribution in [0.1, 0.15) is 47.0 Å². The predicted molar refractivity (Wildman–Crippen MR) is 82.0 cm³/mol. The second kappa shape index (κ2) is 5.69. The van der Waals surface area contributed by atoms with Crippen LogP contribution in [0, 0.1) is 10.8 Å². The van der Waals surface area contributed by atoms with E-state index in [1.807, 2.05) is 66.0 Å². The lowest BCUT2D eigenvalue weighted by molar-refractivity contribution is -0.151. The van der Waals surface area contributed by atoms with E-state index in [2.05, 4.69) is 0 Å². The number of hydrogen-bond donors (Lipinski definition) is 2. The number of rotatable bonds is 6. The molecule has 0 amide bonds. The third-order valence-corrected chi connectivity index (χ3v) is 6.19. The molecule has 2 atom stereocenters. The first-order valence-electron chi connectivity index (χ1n) is 5.36. The van der Waals surface area contributed by atoms with Crippen molar-refractivity contribution in [1.82, 2.24) is 0 Å². The number of carboxylic acids is 1. The van der Waals surface area contributed by atoms with Gasteiger partial charge in [0.05, 0.1) is 5.41 Å². The van der Waals surface area contributed by atoms with Crippen LogP contribution in [0.3, 0.4) is 0 Å². The van der Waals surface area contributed by atoms with Crippen LogP contribution in [0.25, 0.3) is 0 Å². The van der Waals surface area contributed by atoms with Crippen LogP contribution in [0.2, 0.25) is 0 Å². The lowest BCUT2D eigenvalue weighted by Crippen LogP contribution is -2.42. The van der Waals surface area contributed by atoms with E-state index < -0.39 is 18.4 Å². The lowest BCUT2D eigenvalue weighted by atomic mass is 9.70. The molecule has 0 saturated heterocycles. The third kappa shape index (κ3) is 3.69. The summed E-state index contributed by atoms with van der Waals surface area (Å²) in [5.41, 5.74) is -1.17. The largest absolute Gasteiger partial charge is 0.481 e. The average Bonchev–Trinajstić information content (AvgIpc) is 2.15. The van der Waals surface area contributed by atoms with Gasteiger partial charge in [0, 0.05) is 5.41 Å². The summed E-state index contributed by atoms with van der Waals surface area (Å²) in [5.74, 6) is -0.785. The van der Waals surface area contributed by atoms with Gasteiger partial charge in [0.15, 0.2) is 1.61 Å². The number of carboxylic acid groups (broad SMARTS) is 1. The molecular weight excluding hydrogens is 434 g/mol. The van der Waals surface area contributed by atoms with Crippen LogP contribution in [0.15, 0.2) is 0 Å². The molecular formula is C11H20I2O3. The summed E-state index contributed by atoms with van der Waals surface area (Å²) in [6.45, 7) is 7.56. The Kier molecular flexibility index (Phi) is 6.00. The first kappa shape index (κ1) is 16.9. The highest BCUT2D eigenvalue weighted by molar-refractivity contribution is 14.2. The van der Waals surface area contributed by atoms with Gasteiger partial charge in [0.2, 0.25) is 0 Å². The molecule has 0 spiro atoms. The Balaban J connectivity index is 5.12. The quantitative estimate of drug-likeness (QED) is 0.475. The maximum atomic E-state index is 11.3. The number of carbonyl (C=O) groups is 1. The molecule has 0 heterocycles. The van der Waals surface area contributed by atoms with Crippen molar-refractivity contribution >= 4 is 51.2 Å². The first-order valence-corrected chi connectivity index (χ1v) is 7.52. The fourth-order valence-corrected chi connectivity index (χ4v) is 2.80. The van der Waals surface area contributed by atoms with Gasteiger partial charge >= 0.3 is 5.97 Å². The van der Waals surface area contributed by atoms with Crippen molar-refractivity contribution < 1.29 is 15.0 Å². The molecule has 0 fully saturated rings. The summed E-state index contributed by atoms with van der Waals surface area (Å²) >= 11 is 3.97. The van der Waals surface area contributed by atoms with Crippen molar-refractivity contribution in [3.8, 4) is 0 Å². The Labute approximate surface area is 125 Å². The molecule has 0 aromatic rings. The fraction of sp³-hybridized carbons (Fsp3) is 0.909. The smallest absolute Gasteiger partial charge is 0.309 e. The highest BCUT2D eigenvalue weighted by atomic mass is 127. The Morgan fingerprint density at radius 1 is 1.19 bits per heavy atom. The van der Waals surface area contributed by atoms with Gasteiger partial charge < -0.3 is 10.2 Å². The maximum absolute atomic E-state index is 11.3. The predicted octanol–water partition coefficient (Wildman–Crippen LogP) is 3.81. The summed E-state index contributed by atoms with van der Waals surface area (Å²) in [6.07, 6.45) is 1.80. The standard InChI is InChI=1S/C11H20I2O3/c1-5-9(3,8(14)15)7-10(4,6-2)11(12,13)16/h16H,5-7H2,1-4H3,(H,14,15). The molecule has 0 rings (SSSR count). The minimum absolute atomic E-state index is 0.405. The Bertz CT molecular complexity index is 262. The molecule has 0 aromatic carbocycles. The zero-order valence-corrected chi connectivity index (χ0v) is 14.5. The molecule has 16 heavy (non-hydrogen) atoms. The molecule has 0 radical (unpaired) electrons. The van der Waals surface area contributed by atoms with Gasteiger partial charge in [-0.05, 0) is 71.4 Å². The molecule has 2 N–H and O–H groups in total. The summed E-state index contributed by atoms with van der Waals surface area (Å²) in [6, 6.07) is 0. The van der Waals surface area contributed by atoms with Crippen LogP contribution < -0.4 is 0 Å². The van der Waals surface area contributed by atoms with Gasteiger partial charge in [-0.15, -0.1) is 0 Å². The number of alkyl halides is 2. The van der Waals surface area contributed by atoms with Crippen molar-refractivity contribution in [3.05, 3.63) is 0 Å². The van der Waals surface area contributed by atoms with E-state index in [-0.39, 0.29) is 0 Å². The van der Waals surface area contributed by atoms with Crippen LogP contribution in [0.4, 0.5) is 0 Å². The van der Waals surface area contributed by atoms with Gasteiger partial charge in [-0.25, -0.2) is 0 Å². The second-order valence-electron chi connectivity index (χ2n) is 4.85. The molecule has 2 unspecified atom stereocenters. The number of aliphatic carboxylic acids is 1. The van der Waals surface area contributed by atoms with Crippen LogP contribution >= 0.6 is 45.2 Å². The van der Waals surface area contributed by atoms with Crippen molar-refractivity contribution in [3.63, 3.8) is 0 Å². The summed E-state index contributed by atoms with van der Waals surface area (Å²) in [7, 11) is 0. The number of aliphatic hydroxyl groups is 1. The number of hydrogen-bond acceptors (Lipinski definition) is 2. The zero-order valence-electron chi connectivity index (χ0n) is 10.2. The van der Waals surface area contributed by atoms with Crippen LogP contribution in [0.5, 0.6) is 0 Å². The molecule has 5 heteroatoms. The van der Waals surface area contributed by atoms with Gasteiger partial charge in [0.1, 0.15) is 0 Å². The Hall–Kier alpha value is 0.890. The first-order chi connectivity index (χ1) is 7.02. The van der Waals surface area contributed by atoms with Crippen molar-refractivity contribution in [2.75, 3.05) is 0 Å². The maximum Gasteiger partial charge on any atom is 0.309 e. The monoisotopic (exact) mass is 454 g/mol. The Morgan fingerprint density at radius 3 is 1.81 bits per heavy atom. The van der Waals surface area contributed by atoms with E-state index in [1.54, 1.807) is 6.92 Å². The molecule has 3 nitrogen and oxygen atoms in total. The Morgan fingerprint density at radius 2 is 1.62 bits per heavy atom. The molecule has 0 aliphatic heterocycles. The van der Waals surface area contributed by atoms with Crippen molar-refractivity contribution in [2.45, 2.75) is 48.6 Å². The SMILES string of the molecule is CCC(C)(CC(C)(CC)C(O)(I)I)C(=O)O. The van der Waals surface area contributed by atoms with E-state index in [4.69, 9.17) is 0 Å². The van der Waals surface area contributed by atoms with E-state index in [0.29, 0.717) is 12.8 Å². The van der Waals surface area contributed by atoms with Crippen LogP contribution in [-0.4, -0.2) is 17.8 Å². The minimum Gasteiger partial charge on any atom is -0.481 e. The van der Waals surface area contributed by atoms with Gasteiger partial charge in [-0.2, -0.15) is 0 Å². The zero-order chi connectivity index (χ0) is 13.2. The van der Waals surface area contributed by atoms with Gasteiger partial charge in [-0.1, -0.05) is 20.8 Å². The van der Waals surface area contributed by atoms with Gasteiger partial charge in [0.25, 0.3) is 0 Å². The fourth-order valence-electron chi connectivity index (χ4n) is 1.66. The minimum atomic E-state index is -0.927. The molecule has 0 bridgehead atoms. The normalized spacial score (nSPS) is 19.9. The van der Waals surface area contributed by atoms with E-state index >= 15 is 0 Å². The average molecular weight is 454 g/mol. The molecule has 0 aromatic heterocycles. The summed E-state index contributed by atoms with van der Waals surface area (Å²) in [4.78, 5) is 11.3. The van der Waals surface area contributed by atoms with E-state index in [9.17, 15) is 15.0 Å². The lowest BCUT2D eigenvalue weighted by Gasteiger charge is -2.41.